The fourth-order valence-electron chi connectivity index (χ4n) is 4.55. The van der Waals surface area contributed by atoms with Gasteiger partial charge in [-0.25, -0.2) is 33.5 Å². The smallest absolute Gasteiger partial charge is 0.328 e. The fraction of sp³-hybridized carbons (Fsp3) is 0.320. The van der Waals surface area contributed by atoms with E-state index in [1.807, 2.05) is 18.4 Å². The van der Waals surface area contributed by atoms with Crippen LogP contribution in [-0.4, -0.2) is 61.4 Å². The lowest BCUT2D eigenvalue weighted by Gasteiger charge is -2.34. The number of rotatable bonds is 6. The van der Waals surface area contributed by atoms with Crippen molar-refractivity contribution in [1.82, 2.24) is 24.5 Å². The number of hydrogen-bond acceptors (Lipinski definition) is 8. The van der Waals surface area contributed by atoms with Crippen LogP contribution in [0.5, 0.6) is 0 Å². The van der Waals surface area contributed by atoms with Crippen molar-refractivity contribution in [3.8, 4) is 11.3 Å². The van der Waals surface area contributed by atoms with E-state index in [1.165, 1.54) is 12.3 Å². The maximum atomic E-state index is 14.9. The Bertz CT molecular complexity index is 1470. The van der Waals surface area contributed by atoms with Gasteiger partial charge in [0.15, 0.2) is 17.7 Å². The monoisotopic (exact) mass is 509 g/mol. The van der Waals surface area contributed by atoms with E-state index in [-0.39, 0.29) is 35.4 Å². The first kappa shape index (κ1) is 24.5. The zero-order valence-electron chi connectivity index (χ0n) is 20.4. The zero-order chi connectivity index (χ0) is 26.3. The first-order chi connectivity index (χ1) is 17.7. The number of nitrogens with one attached hydrogen (secondary N) is 1. The Morgan fingerprint density at radius 3 is 2.68 bits per heavy atom. The second-order valence-electron chi connectivity index (χ2n) is 8.99. The average Bonchev–Trinajstić information content (AvgIpc) is 3.22. The highest BCUT2D eigenvalue weighted by molar-refractivity contribution is 5.83. The van der Waals surface area contributed by atoms with Crippen molar-refractivity contribution in [2.45, 2.75) is 32.9 Å². The normalized spacial score (nSPS) is 15.9. The molecule has 0 amide bonds. The van der Waals surface area contributed by atoms with Crippen molar-refractivity contribution in [3.63, 3.8) is 0 Å². The summed E-state index contributed by atoms with van der Waals surface area (Å²) in [6.45, 7) is 6.65. The Morgan fingerprint density at radius 1 is 1.16 bits per heavy atom. The molecular weight excluding hydrogens is 484 g/mol. The number of ether oxygens (including phenoxy) is 1. The number of carbonyl (C=O) groups is 1. The summed E-state index contributed by atoms with van der Waals surface area (Å²) in [6, 6.07) is 5.48. The van der Waals surface area contributed by atoms with Gasteiger partial charge in [0.2, 0.25) is 5.95 Å². The number of carboxylic acids is 1. The minimum atomic E-state index is -0.977. The highest BCUT2D eigenvalue weighted by Crippen LogP contribution is 2.30. The van der Waals surface area contributed by atoms with Gasteiger partial charge in [-0.05, 0) is 45.0 Å². The number of fused-ring (bicyclic) bond motifs is 1. The van der Waals surface area contributed by atoms with Crippen molar-refractivity contribution in [2.75, 3.05) is 30.0 Å². The van der Waals surface area contributed by atoms with Crippen LogP contribution in [-0.2, 0) is 9.53 Å². The first-order valence-corrected chi connectivity index (χ1v) is 11.7. The van der Waals surface area contributed by atoms with Crippen LogP contribution >= 0.6 is 0 Å². The van der Waals surface area contributed by atoms with Gasteiger partial charge in [0.1, 0.15) is 22.9 Å². The third-order valence-corrected chi connectivity index (χ3v) is 6.19. The van der Waals surface area contributed by atoms with Gasteiger partial charge in [-0.1, -0.05) is 0 Å². The van der Waals surface area contributed by atoms with E-state index in [0.29, 0.717) is 36.0 Å². The minimum absolute atomic E-state index is 0.0319. The molecular formula is C25H25F2N7O3. The quantitative estimate of drug-likeness (QED) is 0.396. The fourth-order valence-corrected chi connectivity index (χ4v) is 4.55. The number of hydrogen-bond donors (Lipinski definition) is 2. The van der Waals surface area contributed by atoms with Crippen molar-refractivity contribution in [3.05, 3.63) is 54.1 Å². The van der Waals surface area contributed by atoms with Gasteiger partial charge >= 0.3 is 5.97 Å². The number of aryl methyl sites for hydroxylation is 1. The molecule has 1 atom stereocenters. The molecule has 1 aliphatic rings. The van der Waals surface area contributed by atoms with E-state index < -0.39 is 23.6 Å². The molecule has 4 aromatic rings. The van der Waals surface area contributed by atoms with Gasteiger partial charge in [0, 0.05) is 18.2 Å². The number of aromatic nitrogens is 5. The van der Waals surface area contributed by atoms with Crippen LogP contribution in [0.1, 0.15) is 25.7 Å². The SMILES string of the molecule is Cc1nc2c(F)cc(-c3nc(Nc4ccc(N5CCOC[C@H]5C(=O)O)cn4)ncc3F)cc2n1C(C)C. The minimum Gasteiger partial charge on any atom is -0.480 e. The van der Waals surface area contributed by atoms with Crippen LogP contribution in [0.15, 0.2) is 36.7 Å². The molecule has 37 heavy (non-hydrogen) atoms. The second kappa shape index (κ2) is 9.69. The molecule has 4 heterocycles. The molecule has 0 bridgehead atoms. The standard InChI is InChI=1S/C25H25F2N7O3/c1-13(2)34-14(3)30-23-17(26)8-15(9-19(23)34)22-18(27)11-29-25(32-22)31-21-5-4-16(10-28-21)33-6-7-37-12-20(33)24(35)36/h4-5,8-11,13,20H,6-7,12H2,1-3H3,(H,35,36)(H,28,29,31,32)/t20-/m0/s1. The summed E-state index contributed by atoms with van der Waals surface area (Å²) in [5.41, 5.74) is 1.59. The van der Waals surface area contributed by atoms with Gasteiger partial charge in [0.25, 0.3) is 0 Å². The molecule has 0 spiro atoms. The maximum absolute atomic E-state index is 14.9. The number of nitrogens with zero attached hydrogens (tertiary/aromatic N) is 6. The molecule has 1 aliphatic heterocycles. The lowest BCUT2D eigenvalue weighted by atomic mass is 10.1. The topological polar surface area (TPSA) is 118 Å². The molecule has 192 valence electrons. The molecule has 0 radical (unpaired) electrons. The number of morpholine rings is 1. The van der Waals surface area contributed by atoms with Gasteiger partial charge in [-0.3, -0.25) is 0 Å². The lowest BCUT2D eigenvalue weighted by molar-refractivity contribution is -0.141. The summed E-state index contributed by atoms with van der Waals surface area (Å²) in [5, 5.41) is 12.4. The molecule has 2 N–H and O–H groups in total. The van der Waals surface area contributed by atoms with Crippen LogP contribution < -0.4 is 10.2 Å². The lowest BCUT2D eigenvalue weighted by Crippen LogP contribution is -2.50. The van der Waals surface area contributed by atoms with Crippen molar-refractivity contribution < 1.29 is 23.4 Å². The number of pyridine rings is 1. The van der Waals surface area contributed by atoms with Crippen LogP contribution in [0.25, 0.3) is 22.3 Å². The predicted octanol–water partition coefficient (Wildman–Crippen LogP) is 4.09. The third kappa shape index (κ3) is 4.67. The molecule has 1 saturated heterocycles. The molecule has 1 fully saturated rings. The van der Waals surface area contributed by atoms with Gasteiger partial charge in [0.05, 0.1) is 36.8 Å². The summed E-state index contributed by atoms with van der Waals surface area (Å²) in [6.07, 6.45) is 2.55. The van der Waals surface area contributed by atoms with Gasteiger partial charge < -0.3 is 24.6 Å². The summed E-state index contributed by atoms with van der Waals surface area (Å²) in [7, 11) is 0. The van der Waals surface area contributed by atoms with E-state index in [0.717, 1.165) is 6.20 Å². The number of aliphatic carboxylic acids is 1. The van der Waals surface area contributed by atoms with Gasteiger partial charge in [-0.15, -0.1) is 0 Å². The predicted molar refractivity (Wildman–Crippen MR) is 133 cm³/mol. The molecule has 0 unspecified atom stereocenters. The number of imidazole rings is 1. The van der Waals surface area contributed by atoms with E-state index >= 15 is 0 Å². The summed E-state index contributed by atoms with van der Waals surface area (Å²) in [5.74, 6) is -1.14. The summed E-state index contributed by atoms with van der Waals surface area (Å²) < 4.78 is 36.9. The van der Waals surface area contributed by atoms with Gasteiger partial charge in [-0.2, -0.15) is 0 Å². The molecule has 10 nitrogen and oxygen atoms in total. The van der Waals surface area contributed by atoms with Crippen molar-refractivity contribution >= 4 is 34.5 Å². The van der Waals surface area contributed by atoms with Crippen molar-refractivity contribution in [2.24, 2.45) is 0 Å². The highest BCUT2D eigenvalue weighted by Gasteiger charge is 2.29. The Hall–Kier alpha value is -4.19. The van der Waals surface area contributed by atoms with E-state index in [4.69, 9.17) is 4.74 Å². The molecule has 12 heteroatoms. The largest absolute Gasteiger partial charge is 0.480 e. The molecule has 3 aromatic heterocycles. The maximum Gasteiger partial charge on any atom is 0.328 e. The number of benzene rings is 1. The molecule has 0 saturated carbocycles. The van der Waals surface area contributed by atoms with Crippen LogP contribution in [0.3, 0.4) is 0 Å². The molecule has 0 aliphatic carbocycles. The van der Waals surface area contributed by atoms with Crippen molar-refractivity contribution in [1.29, 1.82) is 0 Å². The number of anilines is 3. The Kier molecular flexibility index (Phi) is 6.42. The zero-order valence-corrected chi connectivity index (χ0v) is 20.4. The molecule has 1 aromatic carbocycles. The van der Waals surface area contributed by atoms with E-state index in [9.17, 15) is 18.7 Å². The molecule has 5 rings (SSSR count). The first-order valence-electron chi connectivity index (χ1n) is 11.7. The van der Waals surface area contributed by atoms with Crippen LogP contribution in [0, 0.1) is 18.6 Å². The highest BCUT2D eigenvalue weighted by atomic mass is 19.1. The second-order valence-corrected chi connectivity index (χ2v) is 8.99. The number of halogens is 2. The Balaban J connectivity index is 1.43. The van der Waals surface area contributed by atoms with E-state index in [2.05, 4.69) is 25.3 Å². The number of carboxylic acid groups (broad SMARTS) is 1. The van der Waals surface area contributed by atoms with Crippen LogP contribution in [0.2, 0.25) is 0 Å². The summed E-state index contributed by atoms with van der Waals surface area (Å²) in [4.78, 5) is 30.2. The van der Waals surface area contributed by atoms with Crippen LogP contribution in [0.4, 0.5) is 26.2 Å². The Morgan fingerprint density at radius 2 is 1.97 bits per heavy atom. The summed E-state index contributed by atoms with van der Waals surface area (Å²) >= 11 is 0. The third-order valence-electron chi connectivity index (χ3n) is 6.19. The Labute approximate surface area is 211 Å². The average molecular weight is 510 g/mol. The van der Waals surface area contributed by atoms with E-state index in [1.54, 1.807) is 30.0 Å².